The van der Waals surface area contributed by atoms with Crippen LogP contribution in [0.1, 0.15) is 70.4 Å². The van der Waals surface area contributed by atoms with Gasteiger partial charge in [-0.15, -0.1) is 0 Å². The van der Waals surface area contributed by atoms with Crippen molar-refractivity contribution in [1.29, 1.82) is 0 Å². The van der Waals surface area contributed by atoms with E-state index in [4.69, 9.17) is 16.3 Å². The molecule has 0 radical (unpaired) electrons. The fourth-order valence-electron chi connectivity index (χ4n) is 4.78. The van der Waals surface area contributed by atoms with Crippen LogP contribution in [-0.2, 0) is 16.6 Å². The van der Waals surface area contributed by atoms with Gasteiger partial charge in [-0.1, -0.05) is 31.4 Å². The molecule has 0 saturated carbocycles. The first-order chi connectivity index (χ1) is 12.8. The summed E-state index contributed by atoms with van der Waals surface area (Å²) in [6.07, 6.45) is 5.96. The minimum absolute atomic E-state index is 0.0824. The standard InChI is InChI=1S/C22H32ClNO3/c1-4-5-9-22(20(25)26,16-7-11-24-12-8-16)18-14-17(23)13-15-6-10-21(2,3)27-19(15)18/h13-14,16,24H,4-12H2,1-3H3,(H,25,26). The number of fused-ring (bicyclic) bond motifs is 1. The molecule has 0 aliphatic carbocycles. The molecule has 1 aromatic carbocycles. The third kappa shape index (κ3) is 3.97. The van der Waals surface area contributed by atoms with Crippen molar-refractivity contribution in [3.8, 4) is 5.75 Å². The summed E-state index contributed by atoms with van der Waals surface area (Å²) in [6.45, 7) is 7.99. The lowest BCUT2D eigenvalue weighted by Gasteiger charge is -2.43. The van der Waals surface area contributed by atoms with Gasteiger partial charge in [0, 0.05) is 10.6 Å². The van der Waals surface area contributed by atoms with E-state index in [1.807, 2.05) is 12.1 Å². The number of carbonyl (C=O) groups is 1. The molecule has 3 rings (SSSR count). The predicted molar refractivity (Wildman–Crippen MR) is 109 cm³/mol. The van der Waals surface area contributed by atoms with E-state index in [2.05, 4.69) is 26.1 Å². The first-order valence-corrected chi connectivity index (χ1v) is 10.6. The topological polar surface area (TPSA) is 58.6 Å². The Labute approximate surface area is 167 Å². The zero-order chi connectivity index (χ0) is 19.7. The minimum atomic E-state index is -0.944. The summed E-state index contributed by atoms with van der Waals surface area (Å²) in [5.41, 5.74) is 0.609. The second-order valence-electron chi connectivity index (χ2n) is 8.71. The van der Waals surface area contributed by atoms with Crippen molar-refractivity contribution in [2.24, 2.45) is 5.92 Å². The van der Waals surface area contributed by atoms with Crippen molar-refractivity contribution in [1.82, 2.24) is 5.32 Å². The van der Waals surface area contributed by atoms with Crippen LogP contribution in [0.4, 0.5) is 0 Å². The molecule has 150 valence electrons. The molecule has 5 heteroatoms. The molecule has 1 atom stereocenters. The van der Waals surface area contributed by atoms with E-state index in [1.165, 1.54) is 0 Å². The Morgan fingerprint density at radius 1 is 1.37 bits per heavy atom. The van der Waals surface area contributed by atoms with Gasteiger partial charge in [-0.2, -0.15) is 0 Å². The average Bonchev–Trinajstić information content (AvgIpc) is 2.63. The highest BCUT2D eigenvalue weighted by molar-refractivity contribution is 6.30. The molecule has 1 saturated heterocycles. The smallest absolute Gasteiger partial charge is 0.314 e. The van der Waals surface area contributed by atoms with E-state index in [1.54, 1.807) is 0 Å². The average molecular weight is 394 g/mol. The fourth-order valence-corrected chi connectivity index (χ4v) is 5.02. The highest BCUT2D eigenvalue weighted by atomic mass is 35.5. The number of rotatable bonds is 6. The number of piperidine rings is 1. The number of unbranched alkanes of at least 4 members (excludes halogenated alkanes) is 1. The Kier molecular flexibility index (Phi) is 6.07. The van der Waals surface area contributed by atoms with Crippen LogP contribution in [0.25, 0.3) is 0 Å². The number of nitrogens with one attached hydrogen (secondary N) is 1. The van der Waals surface area contributed by atoms with E-state index < -0.39 is 11.4 Å². The van der Waals surface area contributed by atoms with Gasteiger partial charge in [-0.3, -0.25) is 4.79 Å². The molecule has 4 nitrogen and oxygen atoms in total. The minimum Gasteiger partial charge on any atom is -0.487 e. The zero-order valence-electron chi connectivity index (χ0n) is 16.7. The van der Waals surface area contributed by atoms with Crippen molar-refractivity contribution in [2.45, 2.75) is 76.7 Å². The van der Waals surface area contributed by atoms with Crippen molar-refractivity contribution < 1.29 is 14.6 Å². The largest absolute Gasteiger partial charge is 0.487 e. The summed E-state index contributed by atoms with van der Waals surface area (Å²) in [7, 11) is 0. The summed E-state index contributed by atoms with van der Waals surface area (Å²) in [5.74, 6) is 0.117. The normalized spacial score (nSPS) is 21.8. The van der Waals surface area contributed by atoms with Crippen LogP contribution in [-0.4, -0.2) is 29.8 Å². The number of hydrogen-bond acceptors (Lipinski definition) is 3. The molecule has 2 aliphatic rings. The molecule has 1 unspecified atom stereocenters. The second-order valence-corrected chi connectivity index (χ2v) is 9.14. The quantitative estimate of drug-likeness (QED) is 0.717. The Balaban J connectivity index is 2.19. The van der Waals surface area contributed by atoms with Crippen LogP contribution in [0.15, 0.2) is 12.1 Å². The Morgan fingerprint density at radius 3 is 2.70 bits per heavy atom. The van der Waals surface area contributed by atoms with Gasteiger partial charge in [-0.05, 0) is 82.7 Å². The molecule has 27 heavy (non-hydrogen) atoms. The summed E-state index contributed by atoms with van der Waals surface area (Å²) in [4.78, 5) is 12.9. The number of ether oxygens (including phenoxy) is 1. The molecule has 1 aromatic rings. The van der Waals surface area contributed by atoms with Gasteiger partial charge in [0.25, 0.3) is 0 Å². The number of aliphatic carboxylic acids is 1. The molecular formula is C22H32ClNO3. The maximum Gasteiger partial charge on any atom is 0.314 e. The van der Waals surface area contributed by atoms with E-state index >= 15 is 0 Å². The summed E-state index contributed by atoms with van der Waals surface area (Å²) in [6, 6.07) is 3.82. The zero-order valence-corrected chi connectivity index (χ0v) is 17.5. The van der Waals surface area contributed by atoms with E-state index in [9.17, 15) is 9.90 Å². The first kappa shape index (κ1) is 20.5. The van der Waals surface area contributed by atoms with Crippen LogP contribution >= 0.6 is 11.6 Å². The van der Waals surface area contributed by atoms with Crippen LogP contribution in [0.5, 0.6) is 5.75 Å². The highest BCUT2D eigenvalue weighted by Gasteiger charge is 2.50. The van der Waals surface area contributed by atoms with Crippen molar-refractivity contribution in [3.63, 3.8) is 0 Å². The number of carboxylic acid groups (broad SMARTS) is 1. The van der Waals surface area contributed by atoms with Gasteiger partial charge in [0.1, 0.15) is 11.4 Å². The van der Waals surface area contributed by atoms with Crippen molar-refractivity contribution in [2.75, 3.05) is 13.1 Å². The van der Waals surface area contributed by atoms with Gasteiger partial charge in [0.05, 0.1) is 5.41 Å². The van der Waals surface area contributed by atoms with Crippen LogP contribution < -0.4 is 10.1 Å². The summed E-state index contributed by atoms with van der Waals surface area (Å²) in [5, 5.41) is 14.5. The number of aryl methyl sites for hydroxylation is 1. The van der Waals surface area contributed by atoms with Crippen molar-refractivity contribution in [3.05, 3.63) is 28.3 Å². The van der Waals surface area contributed by atoms with Crippen LogP contribution in [0, 0.1) is 5.92 Å². The Hall–Kier alpha value is -1.26. The fraction of sp³-hybridized carbons (Fsp3) is 0.682. The van der Waals surface area contributed by atoms with E-state index in [0.29, 0.717) is 11.4 Å². The SMILES string of the molecule is CCCCC(C(=O)O)(c1cc(Cl)cc2c1OC(C)(C)CC2)C1CCNCC1. The number of carboxylic acids is 1. The number of benzene rings is 1. The Bertz CT molecular complexity index is 697. The lowest BCUT2D eigenvalue weighted by molar-refractivity contribution is -0.147. The molecule has 0 bridgehead atoms. The second kappa shape index (κ2) is 8.00. The third-order valence-corrected chi connectivity index (χ3v) is 6.55. The van der Waals surface area contributed by atoms with Crippen LogP contribution in [0.2, 0.25) is 5.02 Å². The molecule has 2 heterocycles. The predicted octanol–water partition coefficient (Wildman–Crippen LogP) is 4.96. The summed E-state index contributed by atoms with van der Waals surface area (Å²) >= 11 is 6.48. The van der Waals surface area contributed by atoms with Gasteiger partial charge in [0.15, 0.2) is 0 Å². The third-order valence-electron chi connectivity index (χ3n) is 6.33. The maximum atomic E-state index is 12.9. The molecule has 1 fully saturated rings. The van der Waals surface area contributed by atoms with E-state index in [0.717, 1.165) is 68.5 Å². The highest BCUT2D eigenvalue weighted by Crippen LogP contribution is 2.50. The van der Waals surface area contributed by atoms with Gasteiger partial charge < -0.3 is 15.2 Å². The lowest BCUT2D eigenvalue weighted by Crippen LogP contribution is -2.48. The number of halogens is 1. The van der Waals surface area contributed by atoms with Crippen LogP contribution in [0.3, 0.4) is 0 Å². The van der Waals surface area contributed by atoms with Gasteiger partial charge in [-0.25, -0.2) is 0 Å². The van der Waals surface area contributed by atoms with Gasteiger partial charge in [0.2, 0.25) is 0 Å². The molecule has 0 amide bonds. The van der Waals surface area contributed by atoms with Crippen molar-refractivity contribution >= 4 is 17.6 Å². The molecule has 2 aliphatic heterocycles. The monoisotopic (exact) mass is 393 g/mol. The summed E-state index contributed by atoms with van der Waals surface area (Å²) < 4.78 is 6.39. The first-order valence-electron chi connectivity index (χ1n) is 10.3. The Morgan fingerprint density at radius 2 is 2.07 bits per heavy atom. The molecule has 2 N–H and O–H groups in total. The number of hydrogen-bond donors (Lipinski definition) is 2. The van der Waals surface area contributed by atoms with Gasteiger partial charge >= 0.3 is 5.97 Å². The van der Waals surface area contributed by atoms with E-state index in [-0.39, 0.29) is 11.5 Å². The maximum absolute atomic E-state index is 12.9. The molecule has 0 spiro atoms. The molecular weight excluding hydrogens is 362 g/mol. The lowest BCUT2D eigenvalue weighted by atomic mass is 9.63. The molecule has 0 aromatic heterocycles.